The average Bonchev–Trinajstić information content (AvgIpc) is 3.14. The van der Waals surface area contributed by atoms with Crippen molar-refractivity contribution in [3.8, 4) is 0 Å². The number of hydrogen-bond acceptors (Lipinski definition) is 4. The molecule has 0 spiro atoms. The van der Waals surface area contributed by atoms with E-state index in [1.54, 1.807) is 18.4 Å². The fourth-order valence-electron chi connectivity index (χ4n) is 1.98. The number of carbonyl (C=O) groups excluding carboxylic acids is 1. The summed E-state index contributed by atoms with van der Waals surface area (Å²) in [7, 11) is 1.67. The van der Waals surface area contributed by atoms with Crippen LogP contribution in [0.15, 0.2) is 35.8 Å². The molecule has 0 bridgehead atoms. The molecule has 21 heavy (non-hydrogen) atoms. The Labute approximate surface area is 128 Å². The average molecular weight is 307 g/mol. The van der Waals surface area contributed by atoms with Gasteiger partial charge in [-0.2, -0.15) is 0 Å². The molecular weight excluding hydrogens is 286 g/mol. The third-order valence-corrected chi connectivity index (χ3v) is 3.90. The number of methoxy groups -OCH3 is 1. The highest BCUT2D eigenvalue weighted by atomic mass is 32.1. The second-order valence-electron chi connectivity index (χ2n) is 4.60. The van der Waals surface area contributed by atoms with Gasteiger partial charge >= 0.3 is 0 Å². The van der Waals surface area contributed by atoms with Crippen LogP contribution in [0.4, 0.5) is 0 Å². The van der Waals surface area contributed by atoms with E-state index in [2.05, 4.69) is 16.7 Å². The van der Waals surface area contributed by atoms with Crippen molar-refractivity contribution in [1.82, 2.24) is 15.2 Å². The van der Waals surface area contributed by atoms with Crippen LogP contribution >= 0.6 is 11.3 Å². The minimum atomic E-state index is -0.0369. The highest BCUT2D eigenvalue weighted by Crippen LogP contribution is 2.12. The predicted octanol–water partition coefficient (Wildman–Crippen LogP) is 1.56. The number of rotatable bonds is 9. The molecule has 0 aliphatic rings. The van der Waals surface area contributed by atoms with Crippen LogP contribution in [0.1, 0.15) is 15.4 Å². The van der Waals surface area contributed by atoms with Crippen molar-refractivity contribution in [2.75, 3.05) is 33.4 Å². The number of nitrogens with one attached hydrogen (secondary N) is 2. The van der Waals surface area contributed by atoms with Gasteiger partial charge in [-0.25, -0.2) is 0 Å². The molecule has 0 aliphatic heterocycles. The molecule has 0 atom stereocenters. The van der Waals surface area contributed by atoms with Crippen molar-refractivity contribution < 1.29 is 9.53 Å². The fraction of sp³-hybridized carbons (Fsp3) is 0.400. The van der Waals surface area contributed by atoms with Crippen LogP contribution in [-0.4, -0.2) is 43.8 Å². The van der Waals surface area contributed by atoms with E-state index in [9.17, 15) is 4.79 Å². The summed E-state index contributed by atoms with van der Waals surface area (Å²) < 4.78 is 6.91. The van der Waals surface area contributed by atoms with Gasteiger partial charge in [-0.05, 0) is 23.6 Å². The van der Waals surface area contributed by atoms with Crippen LogP contribution in [0.25, 0.3) is 0 Å². The third-order valence-electron chi connectivity index (χ3n) is 3.04. The van der Waals surface area contributed by atoms with Gasteiger partial charge in [-0.1, -0.05) is 6.07 Å². The Bertz CT molecular complexity index is 537. The van der Waals surface area contributed by atoms with Crippen LogP contribution in [0, 0.1) is 0 Å². The lowest BCUT2D eigenvalue weighted by Gasteiger charge is -2.09. The van der Waals surface area contributed by atoms with Crippen LogP contribution in [0.5, 0.6) is 0 Å². The molecular formula is C15H21N3O2S. The first-order valence-electron chi connectivity index (χ1n) is 6.96. The van der Waals surface area contributed by atoms with Crippen molar-refractivity contribution in [2.24, 2.45) is 0 Å². The summed E-state index contributed by atoms with van der Waals surface area (Å²) in [6.07, 6.45) is 1.94. The lowest BCUT2D eigenvalue weighted by atomic mass is 10.3. The van der Waals surface area contributed by atoms with Crippen LogP contribution in [0.2, 0.25) is 0 Å². The highest BCUT2D eigenvalue weighted by Gasteiger charge is 2.10. The Morgan fingerprint density at radius 2 is 2.19 bits per heavy atom. The quantitative estimate of drug-likeness (QED) is 0.691. The van der Waals surface area contributed by atoms with Crippen molar-refractivity contribution >= 4 is 17.2 Å². The van der Waals surface area contributed by atoms with Crippen LogP contribution in [-0.2, 0) is 11.3 Å². The monoisotopic (exact) mass is 307 g/mol. The smallest absolute Gasteiger partial charge is 0.267 e. The number of carbonyl (C=O) groups is 1. The molecule has 0 fully saturated rings. The molecule has 114 valence electrons. The van der Waals surface area contributed by atoms with Crippen LogP contribution < -0.4 is 10.6 Å². The Balaban J connectivity index is 1.79. The van der Waals surface area contributed by atoms with Gasteiger partial charge in [-0.15, -0.1) is 11.3 Å². The molecule has 0 saturated heterocycles. The van der Waals surface area contributed by atoms with E-state index in [0.717, 1.165) is 19.6 Å². The fourth-order valence-corrected chi connectivity index (χ4v) is 2.69. The van der Waals surface area contributed by atoms with Gasteiger partial charge in [0.15, 0.2) is 0 Å². The SMILES string of the molecule is COCCNCCNC(=O)c1cccn1Cc1cccs1. The van der Waals surface area contributed by atoms with Gasteiger partial charge in [0.25, 0.3) is 5.91 Å². The number of hydrogen-bond donors (Lipinski definition) is 2. The Morgan fingerprint density at radius 3 is 2.95 bits per heavy atom. The van der Waals surface area contributed by atoms with Crippen LogP contribution in [0.3, 0.4) is 0 Å². The summed E-state index contributed by atoms with van der Waals surface area (Å²) in [6.45, 7) is 3.55. The highest BCUT2D eigenvalue weighted by molar-refractivity contribution is 7.09. The standard InChI is InChI=1S/C15H21N3O2S/c1-20-10-8-16-6-7-17-15(19)14-5-2-9-18(14)12-13-4-3-11-21-13/h2-5,9,11,16H,6-8,10,12H2,1H3,(H,17,19). The van der Waals surface area contributed by atoms with E-state index in [0.29, 0.717) is 18.8 Å². The first kappa shape index (κ1) is 15.8. The molecule has 0 radical (unpaired) electrons. The van der Waals surface area contributed by atoms with E-state index in [1.807, 2.05) is 34.3 Å². The van der Waals surface area contributed by atoms with Crippen molar-refractivity contribution in [1.29, 1.82) is 0 Å². The van der Waals surface area contributed by atoms with Gasteiger partial charge in [0.1, 0.15) is 5.69 Å². The minimum absolute atomic E-state index is 0.0369. The van der Waals surface area contributed by atoms with E-state index >= 15 is 0 Å². The number of ether oxygens (including phenoxy) is 1. The summed E-state index contributed by atoms with van der Waals surface area (Å²) >= 11 is 1.70. The zero-order valence-corrected chi connectivity index (χ0v) is 13.0. The Kier molecular flexibility index (Phi) is 6.46. The molecule has 2 aromatic rings. The maximum absolute atomic E-state index is 12.2. The van der Waals surface area contributed by atoms with Crippen molar-refractivity contribution in [3.05, 3.63) is 46.4 Å². The lowest BCUT2D eigenvalue weighted by Crippen LogP contribution is -2.34. The second-order valence-corrected chi connectivity index (χ2v) is 5.63. The molecule has 6 heteroatoms. The Hall–Kier alpha value is -1.63. The molecule has 0 aliphatic carbocycles. The molecule has 0 saturated carbocycles. The minimum Gasteiger partial charge on any atom is -0.383 e. The largest absolute Gasteiger partial charge is 0.383 e. The molecule has 2 aromatic heterocycles. The third kappa shape index (κ3) is 5.00. The normalized spacial score (nSPS) is 10.7. The number of amides is 1. The predicted molar refractivity (Wildman–Crippen MR) is 84.9 cm³/mol. The van der Waals surface area contributed by atoms with Gasteiger partial charge in [0, 0.05) is 37.8 Å². The van der Waals surface area contributed by atoms with Crippen molar-refractivity contribution in [3.63, 3.8) is 0 Å². The zero-order valence-electron chi connectivity index (χ0n) is 12.2. The molecule has 2 heterocycles. The first-order chi connectivity index (χ1) is 10.3. The van der Waals surface area contributed by atoms with Crippen molar-refractivity contribution in [2.45, 2.75) is 6.54 Å². The van der Waals surface area contributed by atoms with E-state index in [4.69, 9.17) is 4.74 Å². The first-order valence-corrected chi connectivity index (χ1v) is 7.84. The van der Waals surface area contributed by atoms with Gasteiger partial charge in [0.05, 0.1) is 13.2 Å². The lowest BCUT2D eigenvalue weighted by molar-refractivity contribution is 0.0945. The summed E-state index contributed by atoms with van der Waals surface area (Å²) in [6, 6.07) is 7.85. The summed E-state index contributed by atoms with van der Waals surface area (Å²) in [5.41, 5.74) is 0.695. The van der Waals surface area contributed by atoms with E-state index in [-0.39, 0.29) is 5.91 Å². The van der Waals surface area contributed by atoms with Gasteiger partial charge in [-0.3, -0.25) is 4.79 Å². The summed E-state index contributed by atoms with van der Waals surface area (Å²) in [5, 5.41) is 8.16. The molecule has 5 nitrogen and oxygen atoms in total. The molecule has 2 N–H and O–H groups in total. The number of thiophene rings is 1. The maximum Gasteiger partial charge on any atom is 0.267 e. The number of nitrogens with zero attached hydrogens (tertiary/aromatic N) is 1. The molecule has 2 rings (SSSR count). The maximum atomic E-state index is 12.2. The Morgan fingerprint density at radius 1 is 1.29 bits per heavy atom. The topological polar surface area (TPSA) is 55.3 Å². The van der Waals surface area contributed by atoms with Gasteiger partial charge < -0.3 is 19.9 Å². The molecule has 1 amide bonds. The second kappa shape index (κ2) is 8.61. The molecule has 0 aromatic carbocycles. The molecule has 0 unspecified atom stereocenters. The van der Waals surface area contributed by atoms with E-state index < -0.39 is 0 Å². The van der Waals surface area contributed by atoms with Gasteiger partial charge in [0.2, 0.25) is 0 Å². The summed E-state index contributed by atoms with van der Waals surface area (Å²) in [4.78, 5) is 13.4. The number of aromatic nitrogens is 1. The van der Waals surface area contributed by atoms with E-state index in [1.165, 1.54) is 4.88 Å². The zero-order chi connectivity index (χ0) is 14.9. The summed E-state index contributed by atoms with van der Waals surface area (Å²) in [5.74, 6) is -0.0369.